The Morgan fingerprint density at radius 3 is 2.68 bits per heavy atom. The molecule has 134 valence electrons. The minimum absolute atomic E-state index is 0.0367. The van der Waals surface area contributed by atoms with E-state index in [0.717, 1.165) is 29.5 Å². The second kappa shape index (κ2) is 7.40. The van der Waals surface area contributed by atoms with Crippen molar-refractivity contribution in [1.82, 2.24) is 4.98 Å². The van der Waals surface area contributed by atoms with Crippen molar-refractivity contribution in [2.24, 2.45) is 0 Å². The third kappa shape index (κ3) is 4.93. The molecule has 0 radical (unpaired) electrons. The Hall–Kier alpha value is -2.13. The number of aliphatic carboxylic acids is 1. The molecular weight excluding hydrogens is 381 g/mol. The predicted molar refractivity (Wildman–Crippen MR) is 84.3 cm³/mol. The van der Waals surface area contributed by atoms with Crippen LogP contribution in [0.15, 0.2) is 23.6 Å². The molecule has 1 heterocycles. The van der Waals surface area contributed by atoms with Gasteiger partial charge in [-0.2, -0.15) is 13.2 Å². The minimum Gasteiger partial charge on any atom is -0.550 e. The molecule has 1 aromatic carbocycles. The molecule has 0 unspecified atom stereocenters. The van der Waals surface area contributed by atoms with Gasteiger partial charge in [0.2, 0.25) is 5.91 Å². The average Bonchev–Trinajstić information content (AvgIpc) is 2.95. The molecule has 25 heavy (non-hydrogen) atoms. The number of carbonyl (C=O) groups excluding carboxylic acids is 2. The van der Waals surface area contributed by atoms with Crippen LogP contribution in [0, 0.1) is 0 Å². The molecule has 10 heteroatoms. The number of carbonyl (C=O) groups is 2. The molecule has 0 saturated heterocycles. The molecule has 1 amide bonds. The fourth-order valence-corrected chi connectivity index (χ4v) is 2.94. The van der Waals surface area contributed by atoms with Crippen LogP contribution in [0.25, 0.3) is 0 Å². The zero-order valence-electron chi connectivity index (χ0n) is 12.7. The van der Waals surface area contributed by atoms with E-state index >= 15 is 0 Å². The quantitative estimate of drug-likeness (QED) is 0.849. The number of carboxylic acid groups (broad SMARTS) is 1. The maximum Gasteiger partial charge on any atom is 0.416 e. The van der Waals surface area contributed by atoms with Crippen LogP contribution < -0.4 is 10.4 Å². The Bertz CT molecular complexity index is 808. The van der Waals surface area contributed by atoms with E-state index in [1.165, 1.54) is 12.3 Å². The summed E-state index contributed by atoms with van der Waals surface area (Å²) >= 11 is 6.91. The lowest BCUT2D eigenvalue weighted by Crippen LogP contribution is -2.24. The molecule has 5 nitrogen and oxygen atoms in total. The van der Waals surface area contributed by atoms with Crippen molar-refractivity contribution in [3.63, 3.8) is 0 Å². The van der Waals surface area contributed by atoms with E-state index in [1.807, 2.05) is 0 Å². The van der Waals surface area contributed by atoms with E-state index < -0.39 is 29.5 Å². The van der Waals surface area contributed by atoms with Crippen LogP contribution in [0.4, 0.5) is 18.9 Å². The van der Waals surface area contributed by atoms with Crippen LogP contribution >= 0.6 is 22.9 Å². The van der Waals surface area contributed by atoms with Crippen LogP contribution in [0.5, 0.6) is 0 Å². The van der Waals surface area contributed by atoms with Gasteiger partial charge in [-0.15, -0.1) is 11.3 Å². The van der Waals surface area contributed by atoms with Crippen molar-refractivity contribution in [3.8, 4) is 0 Å². The Labute approximate surface area is 149 Å². The number of thiazole rings is 1. The average molecular weight is 392 g/mol. The number of nitrogens with zero attached hydrogens (tertiary/aromatic N) is 1. The maximum atomic E-state index is 12.8. The number of halogens is 4. The number of benzene rings is 1. The molecule has 0 spiro atoms. The highest BCUT2D eigenvalue weighted by atomic mass is 35.5. The van der Waals surface area contributed by atoms with Crippen molar-refractivity contribution in [2.45, 2.75) is 25.4 Å². The first-order chi connectivity index (χ1) is 11.6. The lowest BCUT2D eigenvalue weighted by molar-refractivity contribution is -0.304. The number of aromatic nitrogens is 1. The van der Waals surface area contributed by atoms with Crippen LogP contribution in [0.3, 0.4) is 0 Å². The highest BCUT2D eigenvalue weighted by Crippen LogP contribution is 2.34. The molecule has 2 rings (SSSR count). The Morgan fingerprint density at radius 2 is 2.08 bits per heavy atom. The number of rotatable bonds is 5. The monoisotopic (exact) mass is 391 g/mol. The van der Waals surface area contributed by atoms with E-state index in [2.05, 4.69) is 10.3 Å². The Kier molecular flexibility index (Phi) is 5.69. The number of nitrogens with one attached hydrogen (secondary N) is 1. The lowest BCUT2D eigenvalue weighted by Gasteiger charge is -2.13. The van der Waals surface area contributed by atoms with Crippen LogP contribution in [-0.4, -0.2) is 16.9 Å². The molecule has 1 aromatic heterocycles. The normalized spacial score (nSPS) is 12.7. The summed E-state index contributed by atoms with van der Waals surface area (Å²) in [7, 11) is 0. The minimum atomic E-state index is -4.56. The van der Waals surface area contributed by atoms with Gasteiger partial charge in [0.15, 0.2) is 0 Å². The number of alkyl halides is 3. The van der Waals surface area contributed by atoms with Crippen LogP contribution in [0.2, 0.25) is 5.02 Å². The smallest absolute Gasteiger partial charge is 0.416 e. The summed E-state index contributed by atoms with van der Waals surface area (Å²) < 4.78 is 38.3. The van der Waals surface area contributed by atoms with Gasteiger partial charge in [-0.25, -0.2) is 4.98 Å². The molecule has 0 saturated carbocycles. The van der Waals surface area contributed by atoms with Gasteiger partial charge < -0.3 is 15.2 Å². The predicted octanol–water partition coefficient (Wildman–Crippen LogP) is 2.85. The van der Waals surface area contributed by atoms with Gasteiger partial charge >= 0.3 is 6.18 Å². The molecule has 2 aromatic rings. The van der Waals surface area contributed by atoms with Crippen LogP contribution in [0.1, 0.15) is 29.1 Å². The first kappa shape index (κ1) is 19.2. The van der Waals surface area contributed by atoms with Crippen LogP contribution in [-0.2, 0) is 22.2 Å². The lowest BCUT2D eigenvalue weighted by atomic mass is 10.1. The molecular formula is C15H11ClF3N2O3S-. The Balaban J connectivity index is 2.16. The van der Waals surface area contributed by atoms with Gasteiger partial charge in [0.1, 0.15) is 5.01 Å². The SMILES string of the molecule is C[C@H](C(=O)Nc1cc(C(F)(F)F)ccc1Cl)c1nc(CC(=O)[O-])cs1. The van der Waals surface area contributed by atoms with Gasteiger partial charge in [-0.1, -0.05) is 11.6 Å². The largest absolute Gasteiger partial charge is 0.550 e. The van der Waals surface area contributed by atoms with E-state index in [1.54, 1.807) is 0 Å². The molecule has 1 N–H and O–H groups in total. The number of hydrogen-bond acceptors (Lipinski definition) is 5. The molecule has 0 aliphatic heterocycles. The van der Waals surface area contributed by atoms with Gasteiger partial charge in [-0.3, -0.25) is 4.79 Å². The van der Waals surface area contributed by atoms with Gasteiger partial charge in [0, 0.05) is 17.8 Å². The van der Waals surface area contributed by atoms with Gasteiger partial charge in [0.05, 0.1) is 27.9 Å². The number of carboxylic acids is 1. The van der Waals surface area contributed by atoms with Crippen molar-refractivity contribution >= 4 is 40.5 Å². The topological polar surface area (TPSA) is 82.1 Å². The fraction of sp³-hybridized carbons (Fsp3) is 0.267. The Morgan fingerprint density at radius 1 is 1.40 bits per heavy atom. The zero-order valence-corrected chi connectivity index (χ0v) is 14.3. The van der Waals surface area contributed by atoms with Crippen molar-refractivity contribution in [2.75, 3.05) is 5.32 Å². The van der Waals surface area contributed by atoms with Crippen molar-refractivity contribution < 1.29 is 27.9 Å². The third-order valence-corrected chi connectivity index (χ3v) is 4.62. The summed E-state index contributed by atoms with van der Waals surface area (Å²) in [4.78, 5) is 26.8. The maximum absolute atomic E-state index is 12.8. The van der Waals surface area contributed by atoms with E-state index in [4.69, 9.17) is 11.6 Å². The number of hydrogen-bond donors (Lipinski definition) is 1. The fourth-order valence-electron chi connectivity index (χ4n) is 1.90. The van der Waals surface area contributed by atoms with Crippen molar-refractivity contribution in [3.05, 3.63) is 44.9 Å². The summed E-state index contributed by atoms with van der Waals surface area (Å²) in [6.07, 6.45) is -4.95. The second-order valence-corrected chi connectivity index (χ2v) is 6.43. The first-order valence-corrected chi connectivity index (χ1v) is 8.15. The summed E-state index contributed by atoms with van der Waals surface area (Å²) in [6, 6.07) is 2.61. The van der Waals surface area contributed by atoms with Gasteiger partial charge in [0.25, 0.3) is 0 Å². The van der Waals surface area contributed by atoms with Gasteiger partial charge in [-0.05, 0) is 25.1 Å². The summed E-state index contributed by atoms with van der Waals surface area (Å²) in [5, 5.41) is 14.7. The summed E-state index contributed by atoms with van der Waals surface area (Å²) in [6.45, 7) is 1.50. The second-order valence-electron chi connectivity index (χ2n) is 5.13. The van der Waals surface area contributed by atoms with E-state index in [-0.39, 0.29) is 22.8 Å². The standard InChI is InChI=1S/C15H12ClF3N2O3S/c1-7(14-20-9(6-25-14)5-12(22)23)13(24)21-11-4-8(15(17,18)19)2-3-10(11)16/h2-4,6-7H,5H2,1H3,(H,21,24)(H,22,23)/p-1/t7-/m1/s1. The van der Waals surface area contributed by atoms with E-state index in [9.17, 15) is 27.9 Å². The highest BCUT2D eigenvalue weighted by molar-refractivity contribution is 7.09. The summed E-state index contributed by atoms with van der Waals surface area (Å²) in [5.41, 5.74) is -0.859. The number of anilines is 1. The first-order valence-electron chi connectivity index (χ1n) is 6.89. The molecule has 0 bridgehead atoms. The molecule has 0 aliphatic carbocycles. The van der Waals surface area contributed by atoms with Crippen molar-refractivity contribution in [1.29, 1.82) is 0 Å². The zero-order chi connectivity index (χ0) is 18.8. The summed E-state index contributed by atoms with van der Waals surface area (Å²) in [5.74, 6) is -2.72. The third-order valence-electron chi connectivity index (χ3n) is 3.21. The molecule has 0 aliphatic rings. The highest BCUT2D eigenvalue weighted by Gasteiger charge is 2.31. The molecule has 1 atom stereocenters. The molecule has 0 fully saturated rings. The number of amides is 1. The van der Waals surface area contributed by atoms with E-state index in [0.29, 0.717) is 5.01 Å².